The van der Waals surface area contributed by atoms with Crippen molar-refractivity contribution in [3.63, 3.8) is 0 Å². The molecule has 5 nitrogen and oxygen atoms in total. The van der Waals surface area contributed by atoms with Crippen molar-refractivity contribution in [2.45, 2.75) is 12.5 Å². The van der Waals surface area contributed by atoms with Crippen LogP contribution in [0.25, 0.3) is 0 Å². The number of hydrogen-bond donors (Lipinski definition) is 3. The van der Waals surface area contributed by atoms with Gasteiger partial charge in [0, 0.05) is 0 Å². The summed E-state index contributed by atoms with van der Waals surface area (Å²) in [4.78, 5) is 10.5. The van der Waals surface area contributed by atoms with E-state index in [1.807, 2.05) is 0 Å². The third-order valence-electron chi connectivity index (χ3n) is 2.02. The first-order valence-electron chi connectivity index (χ1n) is 4.35. The second kappa shape index (κ2) is 4.59. The molecule has 1 aromatic carbocycles. The summed E-state index contributed by atoms with van der Waals surface area (Å²) >= 11 is 0. The molecule has 0 radical (unpaired) electrons. The van der Waals surface area contributed by atoms with Crippen LogP contribution in [0.5, 0.6) is 5.75 Å². The highest BCUT2D eigenvalue weighted by molar-refractivity contribution is 5.73. The van der Waals surface area contributed by atoms with Crippen molar-refractivity contribution in [2.24, 2.45) is 5.73 Å². The van der Waals surface area contributed by atoms with Gasteiger partial charge in [0.05, 0.1) is 5.56 Å². The van der Waals surface area contributed by atoms with Crippen molar-refractivity contribution >= 4 is 5.97 Å². The first-order valence-corrected chi connectivity index (χ1v) is 4.35. The molecule has 0 amide bonds. The predicted molar refractivity (Wildman–Crippen MR) is 52.1 cm³/mol. The Hall–Kier alpha value is -2.13. The summed E-state index contributed by atoms with van der Waals surface area (Å²) in [6, 6.07) is 2.60. The number of carbonyl (C=O) groups is 1. The van der Waals surface area contributed by atoms with Crippen LogP contribution in [0.3, 0.4) is 0 Å². The molecule has 84 valence electrons. The van der Waals surface area contributed by atoms with E-state index in [-0.39, 0.29) is 17.5 Å². The molecule has 1 aromatic rings. The summed E-state index contributed by atoms with van der Waals surface area (Å²) in [5.74, 6) is -2.92. The molecule has 0 aliphatic carbocycles. The number of nitrogens with two attached hydrogens (primary N) is 1. The number of phenols is 1. The third-order valence-corrected chi connectivity index (χ3v) is 2.02. The third kappa shape index (κ3) is 2.46. The average Bonchev–Trinajstić information content (AvgIpc) is 2.22. The van der Waals surface area contributed by atoms with Gasteiger partial charge >= 0.3 is 5.97 Å². The zero-order valence-electron chi connectivity index (χ0n) is 8.14. The molecule has 0 aromatic heterocycles. The first-order chi connectivity index (χ1) is 7.45. The number of halogens is 1. The van der Waals surface area contributed by atoms with E-state index in [1.165, 1.54) is 6.07 Å². The maximum atomic E-state index is 13.1. The summed E-state index contributed by atoms with van der Waals surface area (Å²) < 4.78 is 13.1. The van der Waals surface area contributed by atoms with Crippen LogP contribution in [0.1, 0.15) is 11.1 Å². The maximum absolute atomic E-state index is 13.1. The number of rotatable bonds is 3. The lowest BCUT2D eigenvalue weighted by Gasteiger charge is -2.07. The lowest BCUT2D eigenvalue weighted by atomic mass is 10.0. The molecule has 0 aliphatic rings. The Bertz CT molecular complexity index is 468. The van der Waals surface area contributed by atoms with Crippen molar-refractivity contribution < 1.29 is 19.4 Å². The Morgan fingerprint density at radius 1 is 1.62 bits per heavy atom. The molecule has 0 aliphatic heterocycles. The summed E-state index contributed by atoms with van der Waals surface area (Å²) in [7, 11) is 0. The molecule has 0 saturated carbocycles. The van der Waals surface area contributed by atoms with Gasteiger partial charge in [0.25, 0.3) is 0 Å². The second-order valence-electron chi connectivity index (χ2n) is 3.23. The van der Waals surface area contributed by atoms with Crippen LogP contribution < -0.4 is 5.73 Å². The molecular formula is C10H9FN2O3. The Morgan fingerprint density at radius 3 is 2.75 bits per heavy atom. The molecule has 4 N–H and O–H groups in total. The molecule has 0 fully saturated rings. The van der Waals surface area contributed by atoms with E-state index < -0.39 is 23.6 Å². The summed E-state index contributed by atoms with van der Waals surface area (Å²) in [6.07, 6.45) is -0.110. The lowest BCUT2D eigenvalue weighted by Crippen LogP contribution is -2.32. The number of nitriles is 1. The quantitative estimate of drug-likeness (QED) is 0.686. The highest BCUT2D eigenvalue weighted by Crippen LogP contribution is 2.22. The Balaban J connectivity index is 3.04. The molecule has 0 spiro atoms. The monoisotopic (exact) mass is 224 g/mol. The first kappa shape index (κ1) is 11.9. The van der Waals surface area contributed by atoms with Crippen molar-refractivity contribution in [3.8, 4) is 11.8 Å². The van der Waals surface area contributed by atoms with E-state index in [0.717, 1.165) is 6.07 Å². The van der Waals surface area contributed by atoms with Crippen molar-refractivity contribution in [1.82, 2.24) is 0 Å². The van der Waals surface area contributed by atoms with Gasteiger partial charge in [-0.25, -0.2) is 4.39 Å². The van der Waals surface area contributed by atoms with Gasteiger partial charge in [0.2, 0.25) is 0 Å². The Morgan fingerprint density at radius 2 is 2.25 bits per heavy atom. The standard InChI is InChI=1S/C10H9FN2O3/c11-7-2-5(3-8(13)10(15)16)1-6(4-12)9(7)14/h1-2,8,14H,3,13H2,(H,15,16). The minimum Gasteiger partial charge on any atom is -0.504 e. The summed E-state index contributed by atoms with van der Waals surface area (Å²) in [5.41, 5.74) is 5.27. The number of benzene rings is 1. The van der Waals surface area contributed by atoms with Crippen molar-refractivity contribution in [2.75, 3.05) is 0 Å². The molecule has 6 heteroatoms. The van der Waals surface area contributed by atoms with Crippen LogP contribution in [0, 0.1) is 17.1 Å². The molecule has 1 atom stereocenters. The highest BCUT2D eigenvalue weighted by Gasteiger charge is 2.15. The van der Waals surface area contributed by atoms with Crippen LogP contribution in [0.4, 0.5) is 4.39 Å². The normalized spacial score (nSPS) is 11.8. The predicted octanol–water partition coefficient (Wildman–Crippen LogP) is 0.357. The number of carboxylic acid groups (broad SMARTS) is 1. The van der Waals surface area contributed by atoms with Gasteiger partial charge in [-0.3, -0.25) is 4.79 Å². The van der Waals surface area contributed by atoms with Gasteiger partial charge in [-0.1, -0.05) is 0 Å². The fourth-order valence-corrected chi connectivity index (χ4v) is 1.20. The molecule has 16 heavy (non-hydrogen) atoms. The molecule has 0 bridgehead atoms. The SMILES string of the molecule is N#Cc1cc(CC(N)C(=O)O)cc(F)c1O. The van der Waals surface area contributed by atoms with Gasteiger partial charge < -0.3 is 15.9 Å². The molecular weight excluding hydrogens is 215 g/mol. The number of nitrogens with zero attached hydrogens (tertiary/aromatic N) is 1. The molecule has 1 unspecified atom stereocenters. The maximum Gasteiger partial charge on any atom is 0.320 e. The van der Waals surface area contributed by atoms with E-state index in [2.05, 4.69) is 0 Å². The van der Waals surface area contributed by atoms with E-state index in [1.54, 1.807) is 6.07 Å². The van der Waals surface area contributed by atoms with Crippen LogP contribution >= 0.6 is 0 Å². The van der Waals surface area contributed by atoms with Gasteiger partial charge in [0.1, 0.15) is 12.1 Å². The van der Waals surface area contributed by atoms with Crippen molar-refractivity contribution in [3.05, 3.63) is 29.1 Å². The fourth-order valence-electron chi connectivity index (χ4n) is 1.20. The van der Waals surface area contributed by atoms with Crippen LogP contribution in [-0.2, 0) is 11.2 Å². The molecule has 1 rings (SSSR count). The van der Waals surface area contributed by atoms with Crippen LogP contribution in [0.2, 0.25) is 0 Å². The van der Waals surface area contributed by atoms with Gasteiger partial charge in [-0.2, -0.15) is 5.26 Å². The molecule has 0 heterocycles. The topological polar surface area (TPSA) is 107 Å². The molecule has 0 saturated heterocycles. The van der Waals surface area contributed by atoms with Crippen LogP contribution in [0.15, 0.2) is 12.1 Å². The van der Waals surface area contributed by atoms with E-state index in [9.17, 15) is 9.18 Å². The van der Waals surface area contributed by atoms with E-state index in [4.69, 9.17) is 21.2 Å². The minimum atomic E-state index is -1.22. The zero-order valence-corrected chi connectivity index (χ0v) is 8.14. The fraction of sp³-hybridized carbons (Fsp3) is 0.200. The number of aromatic hydroxyl groups is 1. The lowest BCUT2D eigenvalue weighted by molar-refractivity contribution is -0.138. The minimum absolute atomic E-state index is 0.110. The number of aliphatic carboxylic acids is 1. The number of carboxylic acids is 1. The number of phenolic OH excluding ortho intramolecular Hbond substituents is 1. The van der Waals surface area contributed by atoms with Gasteiger partial charge in [-0.05, 0) is 24.1 Å². The average molecular weight is 224 g/mol. The Labute approximate surface area is 90.5 Å². The highest BCUT2D eigenvalue weighted by atomic mass is 19.1. The Kier molecular flexibility index (Phi) is 3.43. The zero-order chi connectivity index (χ0) is 12.3. The summed E-state index contributed by atoms with van der Waals surface area (Å²) in [5, 5.41) is 26.3. The van der Waals surface area contributed by atoms with Crippen LogP contribution in [-0.4, -0.2) is 22.2 Å². The largest absolute Gasteiger partial charge is 0.504 e. The summed E-state index contributed by atoms with van der Waals surface area (Å²) in [6.45, 7) is 0. The van der Waals surface area contributed by atoms with Crippen molar-refractivity contribution in [1.29, 1.82) is 5.26 Å². The number of hydrogen-bond acceptors (Lipinski definition) is 4. The van der Waals surface area contributed by atoms with E-state index >= 15 is 0 Å². The van der Waals surface area contributed by atoms with Gasteiger partial charge in [-0.15, -0.1) is 0 Å². The van der Waals surface area contributed by atoms with E-state index in [0.29, 0.717) is 0 Å². The second-order valence-corrected chi connectivity index (χ2v) is 3.23. The smallest absolute Gasteiger partial charge is 0.320 e. The van der Waals surface area contributed by atoms with Gasteiger partial charge in [0.15, 0.2) is 11.6 Å².